The number of nitrogens with zero attached hydrogens (tertiary/aromatic N) is 1. The molecule has 0 heterocycles. The van der Waals surface area contributed by atoms with Gasteiger partial charge in [0.1, 0.15) is 11.8 Å². The van der Waals surface area contributed by atoms with Crippen molar-refractivity contribution in [1.29, 1.82) is 0 Å². The van der Waals surface area contributed by atoms with Crippen LogP contribution in [0.1, 0.15) is 19.4 Å². The van der Waals surface area contributed by atoms with Gasteiger partial charge in [0.2, 0.25) is 0 Å². The van der Waals surface area contributed by atoms with Crippen molar-refractivity contribution in [3.63, 3.8) is 0 Å². The van der Waals surface area contributed by atoms with Gasteiger partial charge in [0.25, 0.3) is 0 Å². The Labute approximate surface area is 124 Å². The van der Waals surface area contributed by atoms with Crippen LogP contribution >= 0.6 is 0 Å². The number of ether oxygens (including phenoxy) is 2. The predicted octanol–water partition coefficient (Wildman–Crippen LogP) is 1.57. The molecule has 0 fully saturated rings. The molecule has 0 aliphatic heterocycles. The minimum absolute atomic E-state index is 0.198. The highest BCUT2D eigenvalue weighted by atomic mass is 16.6. The molecule has 6 heteroatoms. The molecule has 2 N–H and O–H groups in total. The molecule has 1 aromatic carbocycles. The lowest BCUT2D eigenvalue weighted by molar-refractivity contribution is -0.148. The Morgan fingerprint density at radius 2 is 1.95 bits per heavy atom. The molecular weight excluding hydrogens is 272 g/mol. The highest BCUT2D eigenvalue weighted by Gasteiger charge is 2.17. The van der Waals surface area contributed by atoms with E-state index in [2.05, 4.69) is 0 Å². The van der Waals surface area contributed by atoms with E-state index in [1.807, 2.05) is 6.07 Å². The number of amides is 1. The average molecular weight is 294 g/mol. The van der Waals surface area contributed by atoms with Crippen LogP contribution in [0.15, 0.2) is 24.3 Å². The van der Waals surface area contributed by atoms with E-state index in [0.29, 0.717) is 12.2 Å². The summed E-state index contributed by atoms with van der Waals surface area (Å²) < 4.78 is 10.2. The maximum atomic E-state index is 11.7. The molecule has 0 spiro atoms. The van der Waals surface area contributed by atoms with Crippen LogP contribution in [0.4, 0.5) is 4.79 Å². The van der Waals surface area contributed by atoms with Crippen LogP contribution in [0.5, 0.6) is 5.75 Å². The second-order valence-electron chi connectivity index (χ2n) is 5.21. The molecule has 1 aromatic rings. The fourth-order valence-corrected chi connectivity index (χ4v) is 1.59. The molecule has 0 aromatic heterocycles. The highest BCUT2D eigenvalue weighted by molar-refractivity contribution is 5.76. The number of hydrogen-bond donors (Lipinski definition) is 1. The summed E-state index contributed by atoms with van der Waals surface area (Å²) in [6, 6.07) is 6.17. The van der Waals surface area contributed by atoms with Crippen LogP contribution in [-0.4, -0.2) is 43.2 Å². The summed E-state index contributed by atoms with van der Waals surface area (Å²) in [5.41, 5.74) is 6.60. The maximum absolute atomic E-state index is 11.7. The SMILES string of the molecule is CC(C)OC(=O)C(N)Cc1cccc(OC(=O)N(C)C)c1. The summed E-state index contributed by atoms with van der Waals surface area (Å²) in [5, 5.41) is 0. The first-order valence-corrected chi connectivity index (χ1v) is 6.73. The Balaban J connectivity index is 2.68. The number of esters is 1. The van der Waals surface area contributed by atoms with Crippen LogP contribution in [0.3, 0.4) is 0 Å². The summed E-state index contributed by atoms with van der Waals surface area (Å²) in [7, 11) is 3.20. The molecule has 0 aliphatic carbocycles. The third-order valence-corrected chi connectivity index (χ3v) is 2.58. The second kappa shape index (κ2) is 7.64. The van der Waals surface area contributed by atoms with Crippen molar-refractivity contribution in [2.24, 2.45) is 5.73 Å². The van der Waals surface area contributed by atoms with E-state index >= 15 is 0 Å². The van der Waals surface area contributed by atoms with Crippen molar-refractivity contribution in [3.8, 4) is 5.75 Å². The van der Waals surface area contributed by atoms with Crippen LogP contribution in [-0.2, 0) is 16.0 Å². The van der Waals surface area contributed by atoms with E-state index in [4.69, 9.17) is 15.2 Å². The zero-order valence-corrected chi connectivity index (χ0v) is 12.8. The van der Waals surface area contributed by atoms with Gasteiger partial charge in [-0.3, -0.25) is 4.79 Å². The lowest BCUT2D eigenvalue weighted by Crippen LogP contribution is -2.35. The molecule has 6 nitrogen and oxygen atoms in total. The van der Waals surface area contributed by atoms with Crippen LogP contribution in [0, 0.1) is 0 Å². The van der Waals surface area contributed by atoms with E-state index in [9.17, 15) is 9.59 Å². The van der Waals surface area contributed by atoms with Crippen molar-refractivity contribution in [2.75, 3.05) is 14.1 Å². The van der Waals surface area contributed by atoms with Gasteiger partial charge in [-0.2, -0.15) is 0 Å². The topological polar surface area (TPSA) is 81.9 Å². The molecule has 1 atom stereocenters. The number of benzene rings is 1. The fourth-order valence-electron chi connectivity index (χ4n) is 1.59. The number of carbonyl (C=O) groups is 2. The van der Waals surface area contributed by atoms with E-state index in [1.165, 1.54) is 4.90 Å². The van der Waals surface area contributed by atoms with Crippen LogP contribution in [0.25, 0.3) is 0 Å². The standard InChI is InChI=1S/C15H22N2O4/c1-10(2)20-14(18)13(16)9-11-6-5-7-12(8-11)21-15(19)17(3)4/h5-8,10,13H,9,16H2,1-4H3. The van der Waals surface area contributed by atoms with E-state index in [-0.39, 0.29) is 6.10 Å². The zero-order chi connectivity index (χ0) is 16.0. The largest absolute Gasteiger partial charge is 0.462 e. The molecule has 21 heavy (non-hydrogen) atoms. The second-order valence-corrected chi connectivity index (χ2v) is 5.21. The Hall–Kier alpha value is -2.08. The highest BCUT2D eigenvalue weighted by Crippen LogP contribution is 2.15. The van der Waals surface area contributed by atoms with Gasteiger partial charge in [-0.15, -0.1) is 0 Å². The van der Waals surface area contributed by atoms with Gasteiger partial charge in [-0.1, -0.05) is 12.1 Å². The van der Waals surface area contributed by atoms with E-state index < -0.39 is 18.1 Å². The van der Waals surface area contributed by atoms with Crippen molar-refractivity contribution < 1.29 is 19.1 Å². The van der Waals surface area contributed by atoms with Crippen LogP contribution in [0.2, 0.25) is 0 Å². The first-order chi connectivity index (χ1) is 9.79. The molecule has 1 rings (SSSR count). The van der Waals surface area contributed by atoms with Gasteiger partial charge in [-0.05, 0) is 38.0 Å². The monoisotopic (exact) mass is 294 g/mol. The van der Waals surface area contributed by atoms with Crippen molar-refractivity contribution >= 4 is 12.1 Å². The maximum Gasteiger partial charge on any atom is 0.414 e. The van der Waals surface area contributed by atoms with Crippen molar-refractivity contribution in [3.05, 3.63) is 29.8 Å². The summed E-state index contributed by atoms with van der Waals surface area (Å²) in [6.07, 6.45) is -0.342. The Bertz CT molecular complexity index is 500. The number of hydrogen-bond acceptors (Lipinski definition) is 5. The minimum atomic E-state index is -0.743. The van der Waals surface area contributed by atoms with Gasteiger partial charge in [0.15, 0.2) is 0 Å². The van der Waals surface area contributed by atoms with Gasteiger partial charge in [-0.25, -0.2) is 4.79 Å². The Kier molecular flexibility index (Phi) is 6.17. The third-order valence-electron chi connectivity index (χ3n) is 2.58. The van der Waals surface area contributed by atoms with Gasteiger partial charge in [0, 0.05) is 14.1 Å². The molecule has 0 saturated carbocycles. The Morgan fingerprint density at radius 1 is 1.29 bits per heavy atom. The quantitative estimate of drug-likeness (QED) is 0.834. The molecule has 1 amide bonds. The van der Waals surface area contributed by atoms with E-state index in [0.717, 1.165) is 5.56 Å². The molecule has 116 valence electrons. The lowest BCUT2D eigenvalue weighted by atomic mass is 10.1. The first kappa shape index (κ1) is 17.0. The Morgan fingerprint density at radius 3 is 2.52 bits per heavy atom. The number of nitrogens with two attached hydrogens (primary N) is 1. The van der Waals surface area contributed by atoms with Gasteiger partial charge < -0.3 is 20.1 Å². The van der Waals surface area contributed by atoms with Gasteiger partial charge >= 0.3 is 12.1 Å². The minimum Gasteiger partial charge on any atom is -0.462 e. The molecule has 0 aliphatic rings. The molecular formula is C15H22N2O4. The van der Waals surface area contributed by atoms with E-state index in [1.54, 1.807) is 46.1 Å². The molecule has 0 bridgehead atoms. The summed E-state index contributed by atoms with van der Waals surface area (Å²) in [6.45, 7) is 3.54. The number of carbonyl (C=O) groups excluding carboxylic acids is 2. The zero-order valence-electron chi connectivity index (χ0n) is 12.8. The molecule has 0 saturated heterocycles. The van der Waals surface area contributed by atoms with Crippen molar-refractivity contribution in [2.45, 2.75) is 32.4 Å². The predicted molar refractivity (Wildman–Crippen MR) is 79.1 cm³/mol. The lowest BCUT2D eigenvalue weighted by Gasteiger charge is -2.15. The molecule has 0 radical (unpaired) electrons. The van der Waals surface area contributed by atoms with Crippen LogP contribution < -0.4 is 10.5 Å². The fraction of sp³-hybridized carbons (Fsp3) is 0.467. The third kappa shape index (κ3) is 5.83. The normalized spacial score (nSPS) is 11.9. The summed E-state index contributed by atoms with van der Waals surface area (Å²) in [5.74, 6) is -0.0312. The average Bonchev–Trinajstić information content (AvgIpc) is 2.38. The smallest absolute Gasteiger partial charge is 0.414 e. The van der Waals surface area contributed by atoms with Gasteiger partial charge in [0.05, 0.1) is 6.10 Å². The summed E-state index contributed by atoms with van der Waals surface area (Å²) >= 11 is 0. The summed E-state index contributed by atoms with van der Waals surface area (Å²) in [4.78, 5) is 24.5. The molecule has 1 unspecified atom stereocenters. The van der Waals surface area contributed by atoms with Crippen molar-refractivity contribution in [1.82, 2.24) is 4.90 Å². The number of rotatable bonds is 5. The first-order valence-electron chi connectivity index (χ1n) is 6.73.